The molecule has 4 aromatic rings. The zero-order valence-corrected chi connectivity index (χ0v) is 18.2. The van der Waals surface area contributed by atoms with Crippen LogP contribution >= 0.6 is 0 Å². The lowest BCUT2D eigenvalue weighted by molar-refractivity contribution is -0.132. The van der Waals surface area contributed by atoms with E-state index in [0.29, 0.717) is 12.3 Å². The number of oxazole rings is 1. The van der Waals surface area contributed by atoms with E-state index in [9.17, 15) is 4.79 Å². The molecule has 1 amide bonds. The predicted octanol–water partition coefficient (Wildman–Crippen LogP) is 5.80. The van der Waals surface area contributed by atoms with Crippen LogP contribution in [0.4, 0.5) is 0 Å². The summed E-state index contributed by atoms with van der Waals surface area (Å²) in [6.45, 7) is 0.758. The van der Waals surface area contributed by atoms with Crippen LogP contribution in [0.3, 0.4) is 0 Å². The Morgan fingerprint density at radius 3 is 2.62 bits per heavy atom. The van der Waals surface area contributed by atoms with Crippen LogP contribution in [0.5, 0.6) is 5.75 Å². The highest BCUT2D eigenvalue weighted by Gasteiger charge is 2.33. The molecule has 0 saturated carbocycles. The molecule has 5 heteroatoms. The number of rotatable bonds is 6. The SMILES string of the molecule is COc1ccc(-c2ccc3oc([C@@H]4CCCN4C(=O)CCc4ccccc4)nc3c2)cc1. The Morgan fingerprint density at radius 2 is 1.84 bits per heavy atom. The monoisotopic (exact) mass is 426 g/mol. The molecule has 0 spiro atoms. The number of benzene rings is 3. The molecule has 1 aromatic heterocycles. The number of likely N-dealkylation sites (tertiary alicyclic amines) is 1. The van der Waals surface area contributed by atoms with Crippen LogP contribution in [0.15, 0.2) is 77.2 Å². The number of carbonyl (C=O) groups is 1. The average molecular weight is 427 g/mol. The molecule has 0 radical (unpaired) electrons. The van der Waals surface area contributed by atoms with Crippen molar-refractivity contribution in [3.63, 3.8) is 0 Å². The van der Waals surface area contributed by atoms with Crippen LogP contribution in [0.1, 0.15) is 36.8 Å². The van der Waals surface area contributed by atoms with Crippen LogP contribution in [0.2, 0.25) is 0 Å². The van der Waals surface area contributed by atoms with E-state index in [4.69, 9.17) is 14.1 Å². The van der Waals surface area contributed by atoms with Gasteiger partial charge in [0, 0.05) is 13.0 Å². The molecule has 5 nitrogen and oxygen atoms in total. The molecule has 3 aromatic carbocycles. The molecule has 1 atom stereocenters. The van der Waals surface area contributed by atoms with Gasteiger partial charge in [-0.25, -0.2) is 4.98 Å². The largest absolute Gasteiger partial charge is 0.497 e. The molecule has 1 saturated heterocycles. The van der Waals surface area contributed by atoms with E-state index in [2.05, 4.69) is 12.1 Å². The van der Waals surface area contributed by atoms with Crippen molar-refractivity contribution in [1.82, 2.24) is 9.88 Å². The highest BCUT2D eigenvalue weighted by molar-refractivity contribution is 5.81. The third-order valence-corrected chi connectivity index (χ3v) is 6.16. The van der Waals surface area contributed by atoms with Crippen molar-refractivity contribution < 1.29 is 13.9 Å². The van der Waals surface area contributed by atoms with E-state index >= 15 is 0 Å². The van der Waals surface area contributed by atoms with Gasteiger partial charge < -0.3 is 14.1 Å². The van der Waals surface area contributed by atoms with Crippen molar-refractivity contribution in [2.75, 3.05) is 13.7 Å². The fourth-order valence-electron chi connectivity index (χ4n) is 4.41. The number of ether oxygens (including phenoxy) is 1. The quantitative estimate of drug-likeness (QED) is 0.391. The van der Waals surface area contributed by atoms with Crippen LogP contribution in [0.25, 0.3) is 22.2 Å². The van der Waals surface area contributed by atoms with Crippen molar-refractivity contribution in [3.8, 4) is 16.9 Å². The average Bonchev–Trinajstić information content (AvgIpc) is 3.50. The fraction of sp³-hybridized carbons (Fsp3) is 0.259. The maximum Gasteiger partial charge on any atom is 0.223 e. The number of aromatic nitrogens is 1. The van der Waals surface area contributed by atoms with Gasteiger partial charge in [-0.15, -0.1) is 0 Å². The first kappa shape index (κ1) is 20.3. The summed E-state index contributed by atoms with van der Waals surface area (Å²) in [6, 6.07) is 24.1. The Hall–Kier alpha value is -3.60. The summed E-state index contributed by atoms with van der Waals surface area (Å²) in [5.74, 6) is 1.63. The Kier molecular flexibility index (Phi) is 5.63. The minimum atomic E-state index is -0.0879. The number of nitrogens with zero attached hydrogens (tertiary/aromatic N) is 2. The Morgan fingerprint density at radius 1 is 1.06 bits per heavy atom. The van der Waals surface area contributed by atoms with Gasteiger partial charge in [-0.2, -0.15) is 0 Å². The first-order valence-electron chi connectivity index (χ1n) is 11.1. The fourth-order valence-corrected chi connectivity index (χ4v) is 4.41. The Bertz CT molecular complexity index is 1210. The summed E-state index contributed by atoms with van der Waals surface area (Å²) in [5.41, 5.74) is 4.92. The standard InChI is InChI=1S/C27H26N2O3/c1-31-22-13-10-20(11-14-22)21-12-15-25-23(18-21)28-27(32-25)24-8-5-17-29(24)26(30)16-9-19-6-3-2-4-7-19/h2-4,6-7,10-15,18,24H,5,8-9,16-17H2,1H3/t24-/m0/s1. The number of methoxy groups -OCH3 is 1. The van der Waals surface area contributed by atoms with Gasteiger partial charge in [0.2, 0.25) is 11.8 Å². The second-order valence-electron chi connectivity index (χ2n) is 8.19. The Labute approximate surface area is 187 Å². The van der Waals surface area contributed by atoms with Gasteiger partial charge in [0.1, 0.15) is 17.3 Å². The predicted molar refractivity (Wildman–Crippen MR) is 124 cm³/mol. The van der Waals surface area contributed by atoms with E-state index in [0.717, 1.165) is 53.8 Å². The number of hydrogen-bond acceptors (Lipinski definition) is 4. The van der Waals surface area contributed by atoms with Crippen LogP contribution < -0.4 is 4.74 Å². The van der Waals surface area contributed by atoms with E-state index in [1.54, 1.807) is 7.11 Å². The molecular weight excluding hydrogens is 400 g/mol. The third kappa shape index (κ3) is 4.11. The molecule has 0 aliphatic carbocycles. The first-order valence-corrected chi connectivity index (χ1v) is 11.1. The molecule has 2 heterocycles. The zero-order chi connectivity index (χ0) is 21.9. The van der Waals surface area contributed by atoms with Gasteiger partial charge in [-0.05, 0) is 60.2 Å². The van der Waals surface area contributed by atoms with Gasteiger partial charge in [-0.1, -0.05) is 48.5 Å². The van der Waals surface area contributed by atoms with Gasteiger partial charge in [0.25, 0.3) is 0 Å². The topological polar surface area (TPSA) is 55.6 Å². The van der Waals surface area contributed by atoms with E-state index in [-0.39, 0.29) is 11.9 Å². The second kappa shape index (κ2) is 8.87. The maximum atomic E-state index is 13.0. The number of aryl methyl sites for hydroxylation is 1. The lowest BCUT2D eigenvalue weighted by Crippen LogP contribution is -2.30. The van der Waals surface area contributed by atoms with E-state index in [1.165, 1.54) is 5.56 Å². The molecule has 1 aliphatic rings. The molecular formula is C27H26N2O3. The van der Waals surface area contributed by atoms with Gasteiger partial charge >= 0.3 is 0 Å². The Balaban J connectivity index is 1.34. The summed E-state index contributed by atoms with van der Waals surface area (Å²) in [5, 5.41) is 0. The van der Waals surface area contributed by atoms with E-state index < -0.39 is 0 Å². The first-order chi connectivity index (χ1) is 15.7. The summed E-state index contributed by atoms with van der Waals surface area (Å²) >= 11 is 0. The second-order valence-corrected chi connectivity index (χ2v) is 8.19. The van der Waals surface area contributed by atoms with Crippen molar-refractivity contribution in [1.29, 1.82) is 0 Å². The molecule has 0 bridgehead atoms. The van der Waals surface area contributed by atoms with Crippen LogP contribution in [0, 0.1) is 0 Å². The minimum absolute atomic E-state index is 0.0879. The van der Waals surface area contributed by atoms with Crippen molar-refractivity contribution in [2.45, 2.75) is 31.7 Å². The third-order valence-electron chi connectivity index (χ3n) is 6.16. The summed E-state index contributed by atoms with van der Waals surface area (Å²) in [6.07, 6.45) is 3.11. The van der Waals surface area contributed by atoms with Gasteiger partial charge in [0.15, 0.2) is 5.58 Å². The van der Waals surface area contributed by atoms with E-state index in [1.807, 2.05) is 65.6 Å². The van der Waals surface area contributed by atoms with Crippen molar-refractivity contribution in [3.05, 3.63) is 84.3 Å². The lowest BCUT2D eigenvalue weighted by atomic mass is 10.1. The molecule has 0 N–H and O–H groups in total. The minimum Gasteiger partial charge on any atom is -0.497 e. The molecule has 0 unspecified atom stereocenters. The van der Waals surface area contributed by atoms with Crippen LogP contribution in [-0.2, 0) is 11.2 Å². The lowest BCUT2D eigenvalue weighted by Gasteiger charge is -2.22. The summed E-state index contributed by atoms with van der Waals surface area (Å²) < 4.78 is 11.3. The number of fused-ring (bicyclic) bond motifs is 1. The van der Waals surface area contributed by atoms with Crippen LogP contribution in [-0.4, -0.2) is 29.4 Å². The smallest absolute Gasteiger partial charge is 0.223 e. The summed E-state index contributed by atoms with van der Waals surface area (Å²) in [4.78, 5) is 19.7. The molecule has 1 fully saturated rings. The van der Waals surface area contributed by atoms with Crippen molar-refractivity contribution >= 4 is 17.0 Å². The highest BCUT2D eigenvalue weighted by Crippen LogP contribution is 2.35. The molecule has 1 aliphatic heterocycles. The normalized spacial score (nSPS) is 15.9. The van der Waals surface area contributed by atoms with Gasteiger partial charge in [0.05, 0.1) is 7.11 Å². The maximum absolute atomic E-state index is 13.0. The number of carbonyl (C=O) groups excluding carboxylic acids is 1. The molecule has 5 rings (SSSR count). The molecule has 162 valence electrons. The molecule has 32 heavy (non-hydrogen) atoms. The van der Waals surface area contributed by atoms with Gasteiger partial charge in [-0.3, -0.25) is 4.79 Å². The summed E-state index contributed by atoms with van der Waals surface area (Å²) in [7, 11) is 1.66. The number of amides is 1. The highest BCUT2D eigenvalue weighted by atomic mass is 16.5. The number of hydrogen-bond donors (Lipinski definition) is 0. The zero-order valence-electron chi connectivity index (χ0n) is 18.2. The van der Waals surface area contributed by atoms with Crippen molar-refractivity contribution in [2.24, 2.45) is 0 Å².